The number of hydrogen-bond donors (Lipinski definition) is 1. The van der Waals surface area contributed by atoms with E-state index in [2.05, 4.69) is 52.3 Å². The number of fused-ring (bicyclic) bond motifs is 1. The average molecular weight is 299 g/mol. The normalized spacial score (nSPS) is 18.7. The smallest absolute Gasteiger partial charge is 0.152 e. The van der Waals surface area contributed by atoms with E-state index in [0.29, 0.717) is 0 Å². The van der Waals surface area contributed by atoms with Crippen LogP contribution in [0.2, 0.25) is 0 Å². The van der Waals surface area contributed by atoms with Crippen molar-refractivity contribution >= 4 is 16.7 Å². The number of likely N-dealkylation sites (N-methyl/N-ethyl adjacent to an activating group) is 1. The monoisotopic (exact) mass is 299 g/mol. The van der Waals surface area contributed by atoms with Gasteiger partial charge in [0.2, 0.25) is 0 Å². The highest BCUT2D eigenvalue weighted by Crippen LogP contribution is 2.28. The Morgan fingerprint density at radius 3 is 2.68 bits per heavy atom. The number of nitrogens with zero attached hydrogens (tertiary/aromatic N) is 4. The Bertz CT molecular complexity index is 626. The van der Waals surface area contributed by atoms with Crippen molar-refractivity contribution in [1.29, 1.82) is 0 Å². The van der Waals surface area contributed by atoms with Gasteiger partial charge < -0.3 is 15.1 Å². The third kappa shape index (κ3) is 2.91. The molecule has 0 unspecified atom stereocenters. The van der Waals surface area contributed by atoms with Gasteiger partial charge in [-0.2, -0.15) is 0 Å². The van der Waals surface area contributed by atoms with Gasteiger partial charge in [-0.1, -0.05) is 6.07 Å². The molecule has 0 spiro atoms. The predicted octanol–water partition coefficient (Wildman–Crippen LogP) is 2.07. The summed E-state index contributed by atoms with van der Waals surface area (Å²) in [6.07, 6.45) is 6.01. The molecule has 0 aliphatic carbocycles. The van der Waals surface area contributed by atoms with E-state index in [1.54, 1.807) is 0 Å². The van der Waals surface area contributed by atoms with Crippen molar-refractivity contribution < 1.29 is 0 Å². The van der Waals surface area contributed by atoms with Gasteiger partial charge in [0.25, 0.3) is 0 Å². The fourth-order valence-electron chi connectivity index (χ4n) is 3.20. The first-order valence-electron chi connectivity index (χ1n) is 7.90. The van der Waals surface area contributed by atoms with Gasteiger partial charge in [0.15, 0.2) is 5.82 Å². The topological polar surface area (TPSA) is 44.3 Å². The fourth-order valence-corrected chi connectivity index (χ4v) is 3.20. The van der Waals surface area contributed by atoms with E-state index < -0.39 is 0 Å². The van der Waals surface area contributed by atoms with Gasteiger partial charge in [-0.25, -0.2) is 4.98 Å². The van der Waals surface area contributed by atoms with Crippen LogP contribution in [0.5, 0.6) is 0 Å². The van der Waals surface area contributed by atoms with Crippen LogP contribution >= 0.6 is 0 Å². The summed E-state index contributed by atoms with van der Waals surface area (Å²) in [4.78, 5) is 13.7. The summed E-state index contributed by atoms with van der Waals surface area (Å²) >= 11 is 0. The van der Waals surface area contributed by atoms with Gasteiger partial charge in [-0.3, -0.25) is 4.98 Å². The minimum absolute atomic E-state index is 0.186. The first-order valence-corrected chi connectivity index (χ1v) is 7.90. The predicted molar refractivity (Wildman–Crippen MR) is 91.2 cm³/mol. The SMILES string of the molecule is CN1CCC(CNc2nccc3cccnc23)(N(C)C)CC1. The Morgan fingerprint density at radius 2 is 1.95 bits per heavy atom. The second kappa shape index (κ2) is 6.18. The summed E-state index contributed by atoms with van der Waals surface area (Å²) in [7, 11) is 6.56. The molecule has 1 aliphatic heterocycles. The lowest BCUT2D eigenvalue weighted by Crippen LogP contribution is -2.55. The lowest BCUT2D eigenvalue weighted by molar-refractivity contribution is 0.0773. The molecule has 2 aromatic rings. The molecule has 0 radical (unpaired) electrons. The highest BCUT2D eigenvalue weighted by Gasteiger charge is 2.35. The molecule has 1 N–H and O–H groups in total. The van der Waals surface area contributed by atoms with Crippen LogP contribution in [0.4, 0.5) is 5.82 Å². The lowest BCUT2D eigenvalue weighted by atomic mass is 9.86. The first-order chi connectivity index (χ1) is 10.6. The molecule has 3 rings (SSSR count). The number of nitrogens with one attached hydrogen (secondary N) is 1. The molecule has 1 saturated heterocycles. The van der Waals surface area contributed by atoms with Crippen molar-refractivity contribution in [3.05, 3.63) is 30.6 Å². The van der Waals surface area contributed by atoms with Crippen molar-refractivity contribution in [2.45, 2.75) is 18.4 Å². The van der Waals surface area contributed by atoms with Gasteiger partial charge in [-0.05, 0) is 59.2 Å². The molecule has 22 heavy (non-hydrogen) atoms. The van der Waals surface area contributed by atoms with Crippen LogP contribution in [0.25, 0.3) is 10.9 Å². The standard InChI is InChI=1S/C17H25N5/c1-21(2)17(7-11-22(3)12-8-17)13-20-16-15-14(6-10-19-16)5-4-9-18-15/h4-6,9-10H,7-8,11-13H2,1-3H3,(H,19,20). The second-order valence-electron chi connectivity index (χ2n) is 6.51. The van der Waals surface area contributed by atoms with Crippen LogP contribution in [0.3, 0.4) is 0 Å². The molecule has 0 amide bonds. The van der Waals surface area contributed by atoms with Gasteiger partial charge in [-0.15, -0.1) is 0 Å². The number of pyridine rings is 2. The summed E-state index contributed by atoms with van der Waals surface area (Å²) in [5.41, 5.74) is 1.14. The maximum absolute atomic E-state index is 4.49. The largest absolute Gasteiger partial charge is 0.366 e. The minimum atomic E-state index is 0.186. The van der Waals surface area contributed by atoms with Crippen molar-refractivity contribution in [2.24, 2.45) is 0 Å². The number of likely N-dealkylation sites (tertiary alicyclic amines) is 1. The van der Waals surface area contributed by atoms with Crippen LogP contribution in [0, 0.1) is 0 Å². The highest BCUT2D eigenvalue weighted by atomic mass is 15.2. The van der Waals surface area contributed by atoms with Crippen molar-refractivity contribution in [2.75, 3.05) is 46.1 Å². The van der Waals surface area contributed by atoms with Crippen LogP contribution in [0.1, 0.15) is 12.8 Å². The number of hydrogen-bond acceptors (Lipinski definition) is 5. The molecule has 0 saturated carbocycles. The molecule has 0 aromatic carbocycles. The Kier molecular flexibility index (Phi) is 4.27. The van der Waals surface area contributed by atoms with E-state index in [4.69, 9.17) is 0 Å². The summed E-state index contributed by atoms with van der Waals surface area (Å²) in [5.74, 6) is 0.887. The van der Waals surface area contributed by atoms with Crippen molar-refractivity contribution in [3.63, 3.8) is 0 Å². The quantitative estimate of drug-likeness (QED) is 0.936. The Labute approximate surface area is 132 Å². The fraction of sp³-hybridized carbons (Fsp3) is 0.529. The molecule has 2 aromatic heterocycles. The second-order valence-corrected chi connectivity index (χ2v) is 6.51. The van der Waals surface area contributed by atoms with E-state index in [-0.39, 0.29) is 5.54 Å². The van der Waals surface area contributed by atoms with Crippen LogP contribution in [-0.2, 0) is 0 Å². The number of anilines is 1. The Balaban J connectivity index is 1.80. The molecular formula is C17H25N5. The maximum atomic E-state index is 4.49. The maximum Gasteiger partial charge on any atom is 0.152 e. The van der Waals surface area contributed by atoms with Crippen molar-refractivity contribution in [1.82, 2.24) is 19.8 Å². The molecular weight excluding hydrogens is 274 g/mol. The minimum Gasteiger partial charge on any atom is -0.366 e. The molecule has 0 atom stereocenters. The summed E-state index contributed by atoms with van der Waals surface area (Å²) < 4.78 is 0. The van der Waals surface area contributed by atoms with E-state index in [9.17, 15) is 0 Å². The third-order valence-electron chi connectivity index (χ3n) is 4.97. The summed E-state index contributed by atoms with van der Waals surface area (Å²) in [5, 5.41) is 4.69. The molecule has 3 heterocycles. The van der Waals surface area contributed by atoms with E-state index >= 15 is 0 Å². The van der Waals surface area contributed by atoms with Gasteiger partial charge in [0.1, 0.15) is 5.52 Å². The number of piperidine rings is 1. The third-order valence-corrected chi connectivity index (χ3v) is 4.97. The molecule has 5 nitrogen and oxygen atoms in total. The van der Waals surface area contributed by atoms with E-state index in [1.165, 1.54) is 12.8 Å². The zero-order valence-corrected chi connectivity index (χ0v) is 13.7. The Morgan fingerprint density at radius 1 is 1.18 bits per heavy atom. The van der Waals surface area contributed by atoms with Gasteiger partial charge in [0.05, 0.1) is 0 Å². The van der Waals surface area contributed by atoms with Gasteiger partial charge in [0, 0.05) is 29.9 Å². The van der Waals surface area contributed by atoms with Crippen LogP contribution in [-0.4, -0.2) is 66.1 Å². The Hall–Kier alpha value is -1.72. The van der Waals surface area contributed by atoms with E-state index in [1.807, 2.05) is 24.5 Å². The molecule has 1 aliphatic rings. The summed E-state index contributed by atoms with van der Waals surface area (Å²) in [6, 6.07) is 6.04. The molecule has 5 heteroatoms. The zero-order valence-electron chi connectivity index (χ0n) is 13.7. The van der Waals surface area contributed by atoms with Crippen molar-refractivity contribution in [3.8, 4) is 0 Å². The average Bonchev–Trinajstić information content (AvgIpc) is 2.54. The lowest BCUT2D eigenvalue weighted by Gasteiger charge is -2.45. The van der Waals surface area contributed by atoms with E-state index in [0.717, 1.165) is 36.4 Å². The zero-order chi connectivity index (χ0) is 15.6. The van der Waals surface area contributed by atoms with Gasteiger partial charge >= 0.3 is 0 Å². The van der Waals surface area contributed by atoms with Crippen LogP contribution < -0.4 is 5.32 Å². The highest BCUT2D eigenvalue weighted by molar-refractivity contribution is 5.87. The summed E-state index contributed by atoms with van der Waals surface area (Å²) in [6.45, 7) is 3.18. The molecule has 0 bridgehead atoms. The number of aromatic nitrogens is 2. The molecule has 1 fully saturated rings. The first kappa shape index (κ1) is 15.2. The van der Waals surface area contributed by atoms with Crippen LogP contribution in [0.15, 0.2) is 30.6 Å². The molecule has 118 valence electrons. The number of rotatable bonds is 4.